The summed E-state index contributed by atoms with van der Waals surface area (Å²) in [7, 11) is 0. The number of nitrogens with zero attached hydrogens (tertiary/aromatic N) is 1. The van der Waals surface area contributed by atoms with Crippen molar-refractivity contribution in [2.45, 2.75) is 64.7 Å². The van der Waals surface area contributed by atoms with Crippen LogP contribution in [0.1, 0.15) is 76.3 Å². The third kappa shape index (κ3) is 3.88. The lowest BCUT2D eigenvalue weighted by Crippen LogP contribution is -2.36. The minimum absolute atomic E-state index is 0.0358. The molecule has 5 rings (SSSR count). The van der Waals surface area contributed by atoms with E-state index in [9.17, 15) is 0 Å². The van der Waals surface area contributed by atoms with Crippen LogP contribution < -0.4 is 4.90 Å². The molecule has 0 aliphatic heterocycles. The monoisotopic (exact) mass is 459 g/mol. The van der Waals surface area contributed by atoms with Crippen LogP contribution >= 0.6 is 0 Å². The van der Waals surface area contributed by atoms with Crippen molar-refractivity contribution in [1.29, 1.82) is 0 Å². The van der Waals surface area contributed by atoms with Crippen molar-refractivity contribution < 1.29 is 0 Å². The van der Waals surface area contributed by atoms with E-state index in [1.165, 1.54) is 44.9 Å². The molecule has 4 aromatic carbocycles. The summed E-state index contributed by atoms with van der Waals surface area (Å²) in [6.07, 6.45) is 0. The highest BCUT2D eigenvalue weighted by Crippen LogP contribution is 2.51. The Balaban J connectivity index is 1.69. The van der Waals surface area contributed by atoms with Crippen LogP contribution in [0.3, 0.4) is 0 Å². The molecule has 0 spiro atoms. The molecule has 0 bridgehead atoms. The Morgan fingerprint density at radius 2 is 0.943 bits per heavy atom. The molecule has 0 radical (unpaired) electrons. The normalized spacial score (nSPS) is 15.7. The largest absolute Gasteiger partial charge is 0.310 e. The number of rotatable bonds is 3. The van der Waals surface area contributed by atoms with E-state index in [1.54, 1.807) is 0 Å². The molecule has 0 unspecified atom stereocenters. The molecule has 4 aromatic rings. The Bertz CT molecular complexity index is 1350. The highest BCUT2D eigenvalue weighted by atomic mass is 15.1. The minimum atomic E-state index is -0.0735. The van der Waals surface area contributed by atoms with Gasteiger partial charge < -0.3 is 4.90 Å². The Hall–Kier alpha value is -3.32. The molecule has 0 saturated heterocycles. The van der Waals surface area contributed by atoms with Crippen molar-refractivity contribution in [3.05, 3.63) is 125 Å². The second kappa shape index (κ2) is 8.12. The highest BCUT2D eigenvalue weighted by molar-refractivity contribution is 5.78. The molecular weight excluding hydrogens is 422 g/mol. The predicted octanol–water partition coefficient (Wildman–Crippen LogP) is 9.42. The summed E-state index contributed by atoms with van der Waals surface area (Å²) in [5, 5.41) is 0. The molecule has 0 saturated carbocycles. The maximum Gasteiger partial charge on any atom is 0.0464 e. The van der Waals surface area contributed by atoms with Gasteiger partial charge in [0.2, 0.25) is 0 Å². The van der Waals surface area contributed by atoms with Gasteiger partial charge in [-0.3, -0.25) is 0 Å². The van der Waals surface area contributed by atoms with Gasteiger partial charge in [-0.15, -0.1) is 0 Å². The molecule has 0 heterocycles. The van der Waals surface area contributed by atoms with Crippen LogP contribution in [-0.2, 0) is 16.2 Å². The summed E-state index contributed by atoms with van der Waals surface area (Å²) < 4.78 is 0. The summed E-state index contributed by atoms with van der Waals surface area (Å²) in [6, 6.07) is 35.8. The first-order valence-electron chi connectivity index (χ1n) is 12.7. The number of hydrogen-bond acceptors (Lipinski definition) is 1. The Labute approximate surface area is 211 Å². The fourth-order valence-electron chi connectivity index (χ4n) is 5.73. The molecule has 0 atom stereocenters. The van der Waals surface area contributed by atoms with E-state index in [0.29, 0.717) is 0 Å². The van der Waals surface area contributed by atoms with Gasteiger partial charge in [0, 0.05) is 27.9 Å². The second-order valence-corrected chi connectivity index (χ2v) is 12.0. The van der Waals surface area contributed by atoms with E-state index in [1.807, 2.05) is 0 Å². The maximum atomic E-state index is 2.43. The topological polar surface area (TPSA) is 3.24 Å². The van der Waals surface area contributed by atoms with E-state index in [4.69, 9.17) is 0 Å². The summed E-state index contributed by atoms with van der Waals surface area (Å²) in [6.45, 7) is 16.3. The molecule has 1 nitrogen and oxygen atoms in total. The molecule has 0 aromatic heterocycles. The molecule has 0 fully saturated rings. The van der Waals surface area contributed by atoms with E-state index >= 15 is 0 Å². The van der Waals surface area contributed by atoms with Crippen LogP contribution in [0.2, 0.25) is 0 Å². The first-order chi connectivity index (χ1) is 16.5. The van der Waals surface area contributed by atoms with Crippen molar-refractivity contribution in [3.8, 4) is 0 Å². The van der Waals surface area contributed by atoms with Crippen LogP contribution in [0, 0.1) is 0 Å². The highest BCUT2D eigenvalue weighted by Gasteiger charge is 2.41. The third-order valence-electron chi connectivity index (χ3n) is 7.89. The van der Waals surface area contributed by atoms with Gasteiger partial charge in [-0.2, -0.15) is 0 Å². The van der Waals surface area contributed by atoms with Crippen LogP contribution in [0.4, 0.5) is 17.1 Å². The standard InChI is InChI=1S/C34H37N/c1-32(2,3)24-17-19-26(20-18-24)35(25-13-9-8-10-14-25)27-21-22-30-31(23-27)34(6,7)29-16-12-11-15-28(29)33(30,4)5/h8-23H,1-7H3. The van der Waals surface area contributed by atoms with Gasteiger partial charge >= 0.3 is 0 Å². The lowest BCUT2D eigenvalue weighted by molar-refractivity contribution is 0.521. The molecule has 0 amide bonds. The first-order valence-corrected chi connectivity index (χ1v) is 12.7. The fraction of sp³-hybridized carbons (Fsp3) is 0.294. The van der Waals surface area contributed by atoms with E-state index in [2.05, 4.69) is 150 Å². The van der Waals surface area contributed by atoms with Gasteiger partial charge in [0.05, 0.1) is 0 Å². The number of para-hydroxylation sites is 1. The second-order valence-electron chi connectivity index (χ2n) is 12.0. The Kier molecular flexibility index (Phi) is 5.44. The Morgan fingerprint density at radius 1 is 0.486 bits per heavy atom. The molecule has 1 heteroatoms. The molecule has 1 aliphatic rings. The average molecular weight is 460 g/mol. The lowest BCUT2D eigenvalue weighted by atomic mass is 9.60. The summed E-state index contributed by atoms with van der Waals surface area (Å²) in [5.74, 6) is 0. The fourth-order valence-corrected chi connectivity index (χ4v) is 5.73. The summed E-state index contributed by atoms with van der Waals surface area (Å²) in [5.41, 5.74) is 10.6. The van der Waals surface area contributed by atoms with Gasteiger partial charge in [0.15, 0.2) is 0 Å². The molecule has 0 N–H and O–H groups in total. The van der Waals surface area contributed by atoms with Gasteiger partial charge in [-0.1, -0.05) is 109 Å². The lowest BCUT2D eigenvalue weighted by Gasteiger charge is -2.44. The van der Waals surface area contributed by atoms with Crippen LogP contribution in [-0.4, -0.2) is 0 Å². The van der Waals surface area contributed by atoms with Gasteiger partial charge in [-0.25, -0.2) is 0 Å². The molecule has 178 valence electrons. The van der Waals surface area contributed by atoms with E-state index in [-0.39, 0.29) is 16.2 Å². The smallest absolute Gasteiger partial charge is 0.0464 e. The van der Waals surface area contributed by atoms with Gasteiger partial charge in [-0.05, 0) is 69.6 Å². The molecule has 35 heavy (non-hydrogen) atoms. The van der Waals surface area contributed by atoms with Crippen LogP contribution in [0.5, 0.6) is 0 Å². The van der Waals surface area contributed by atoms with Crippen molar-refractivity contribution in [2.75, 3.05) is 4.90 Å². The van der Waals surface area contributed by atoms with Gasteiger partial charge in [0.25, 0.3) is 0 Å². The van der Waals surface area contributed by atoms with Crippen LogP contribution in [0.15, 0.2) is 97.1 Å². The third-order valence-corrected chi connectivity index (χ3v) is 7.89. The maximum absolute atomic E-state index is 2.43. The number of hydrogen-bond donors (Lipinski definition) is 0. The average Bonchev–Trinajstić information content (AvgIpc) is 2.84. The van der Waals surface area contributed by atoms with Crippen molar-refractivity contribution >= 4 is 17.1 Å². The summed E-state index contributed by atoms with van der Waals surface area (Å²) >= 11 is 0. The van der Waals surface area contributed by atoms with Crippen LogP contribution in [0.25, 0.3) is 0 Å². The van der Waals surface area contributed by atoms with E-state index < -0.39 is 0 Å². The predicted molar refractivity (Wildman–Crippen MR) is 151 cm³/mol. The van der Waals surface area contributed by atoms with E-state index in [0.717, 1.165) is 0 Å². The number of benzene rings is 4. The van der Waals surface area contributed by atoms with Crippen molar-refractivity contribution in [1.82, 2.24) is 0 Å². The molecule has 1 aliphatic carbocycles. The summed E-state index contributed by atoms with van der Waals surface area (Å²) in [4.78, 5) is 2.39. The quantitative estimate of drug-likeness (QED) is 0.295. The number of fused-ring (bicyclic) bond motifs is 2. The zero-order valence-electron chi connectivity index (χ0n) is 22.2. The van der Waals surface area contributed by atoms with Crippen molar-refractivity contribution in [3.63, 3.8) is 0 Å². The minimum Gasteiger partial charge on any atom is -0.310 e. The zero-order valence-corrected chi connectivity index (χ0v) is 22.2. The Morgan fingerprint density at radius 3 is 1.51 bits per heavy atom. The SMILES string of the molecule is CC(C)(C)c1ccc(N(c2ccccc2)c2ccc3c(c2)C(C)(C)c2ccccc2C3(C)C)cc1. The molecular formula is C34H37N. The number of anilines is 3. The van der Waals surface area contributed by atoms with Crippen molar-refractivity contribution in [2.24, 2.45) is 0 Å². The van der Waals surface area contributed by atoms with Gasteiger partial charge in [0.1, 0.15) is 0 Å². The zero-order chi connectivity index (χ0) is 25.0. The first kappa shape index (κ1) is 23.4.